The van der Waals surface area contributed by atoms with Gasteiger partial charge in [-0.1, -0.05) is 117 Å². The van der Waals surface area contributed by atoms with Gasteiger partial charge >= 0.3 is 5.97 Å². The maximum Gasteiger partial charge on any atom is 0.306 e. The molecule has 0 spiro atoms. The molecular weight excluding hydrogens is 498 g/mol. The van der Waals surface area contributed by atoms with Crippen molar-refractivity contribution in [1.82, 2.24) is 4.90 Å². The van der Waals surface area contributed by atoms with Gasteiger partial charge in [0.1, 0.15) is 12.4 Å². The topological polar surface area (TPSA) is 66.8 Å². The van der Waals surface area contributed by atoms with Gasteiger partial charge in [-0.2, -0.15) is 0 Å². The van der Waals surface area contributed by atoms with E-state index < -0.39 is 0 Å². The van der Waals surface area contributed by atoms with Crippen molar-refractivity contribution in [3.05, 3.63) is 0 Å². The van der Waals surface area contributed by atoms with Gasteiger partial charge in [0, 0.05) is 19.4 Å². The fourth-order valence-electron chi connectivity index (χ4n) is 5.52. The zero-order valence-electron chi connectivity index (χ0n) is 27.0. The van der Waals surface area contributed by atoms with E-state index in [2.05, 4.69) is 18.7 Å². The largest absolute Gasteiger partial charge is 0.462 e. The van der Waals surface area contributed by atoms with Gasteiger partial charge in [-0.25, -0.2) is 0 Å². The average Bonchev–Trinajstić information content (AvgIpc) is 2.95. The summed E-state index contributed by atoms with van der Waals surface area (Å²) in [6, 6.07) is 0. The Hall–Kier alpha value is -0.940. The second kappa shape index (κ2) is 32.6. The lowest BCUT2D eigenvalue weighted by molar-refractivity contribution is -0.150. The first kappa shape index (κ1) is 39.1. The van der Waals surface area contributed by atoms with Crippen LogP contribution in [0.5, 0.6) is 0 Å². The summed E-state index contributed by atoms with van der Waals surface area (Å²) in [5.41, 5.74) is 0. The summed E-state index contributed by atoms with van der Waals surface area (Å²) in [6.45, 7) is 7.60. The summed E-state index contributed by atoms with van der Waals surface area (Å²) in [5.74, 6) is 0.0160. The smallest absolute Gasteiger partial charge is 0.306 e. The maximum atomic E-state index is 12.6. The number of hydrogen-bond donors (Lipinski definition) is 1. The van der Waals surface area contributed by atoms with Crippen LogP contribution >= 0.6 is 0 Å². The van der Waals surface area contributed by atoms with E-state index >= 15 is 0 Å². The predicted octanol–water partition coefficient (Wildman–Crippen LogP) is 9.57. The standard InChI is InChI=1S/C35H69NO4/c1-3-5-7-9-14-20-26-34(27-21-15-10-8-6-4-2)40-35(39)28-22-16-13-18-24-30-36(31-33-38)29-23-17-11-12-19-25-32-37/h32,34,38H,3-31,33H2,1-2H3. The Bertz CT molecular complexity index is 512. The van der Waals surface area contributed by atoms with Crippen molar-refractivity contribution in [3.8, 4) is 0 Å². The summed E-state index contributed by atoms with van der Waals surface area (Å²) in [4.78, 5) is 25.3. The lowest BCUT2D eigenvalue weighted by atomic mass is 10.0. The molecule has 0 rings (SSSR count). The van der Waals surface area contributed by atoms with Crippen molar-refractivity contribution in [3.63, 3.8) is 0 Å². The number of aldehydes is 1. The van der Waals surface area contributed by atoms with E-state index in [9.17, 15) is 14.7 Å². The SMILES string of the molecule is CCCCCCCCC(CCCCCCCC)OC(=O)CCCCCCCN(CCO)CCCCCCCC=O. The maximum absolute atomic E-state index is 12.6. The van der Waals surface area contributed by atoms with Crippen molar-refractivity contribution in [2.45, 2.75) is 187 Å². The number of aliphatic hydroxyl groups is 1. The molecule has 0 aromatic heterocycles. The van der Waals surface area contributed by atoms with E-state index in [0.29, 0.717) is 12.8 Å². The third-order valence-electron chi connectivity index (χ3n) is 8.13. The summed E-state index contributed by atoms with van der Waals surface area (Å²) >= 11 is 0. The van der Waals surface area contributed by atoms with Crippen LogP contribution in [0.2, 0.25) is 0 Å². The molecule has 0 heterocycles. The van der Waals surface area contributed by atoms with Crippen LogP contribution in [0.15, 0.2) is 0 Å². The van der Waals surface area contributed by atoms with Gasteiger partial charge in [-0.15, -0.1) is 0 Å². The minimum atomic E-state index is 0.0160. The number of aliphatic hydroxyl groups excluding tert-OH is 1. The van der Waals surface area contributed by atoms with Gasteiger partial charge in [-0.05, 0) is 64.5 Å². The monoisotopic (exact) mass is 568 g/mol. The number of nitrogens with zero attached hydrogens (tertiary/aromatic N) is 1. The molecule has 0 aromatic rings. The third kappa shape index (κ3) is 28.6. The molecule has 0 saturated carbocycles. The van der Waals surface area contributed by atoms with Crippen LogP contribution in [-0.4, -0.2) is 54.6 Å². The van der Waals surface area contributed by atoms with Crippen molar-refractivity contribution in [2.75, 3.05) is 26.2 Å². The van der Waals surface area contributed by atoms with Crippen LogP contribution in [-0.2, 0) is 14.3 Å². The van der Waals surface area contributed by atoms with E-state index in [1.54, 1.807) is 0 Å². The molecule has 0 aliphatic carbocycles. The Morgan fingerprint density at radius 2 is 1.07 bits per heavy atom. The number of hydrogen-bond acceptors (Lipinski definition) is 5. The zero-order chi connectivity index (χ0) is 29.4. The Morgan fingerprint density at radius 1 is 0.625 bits per heavy atom. The normalized spacial score (nSPS) is 11.5. The molecule has 0 aliphatic heterocycles. The van der Waals surface area contributed by atoms with E-state index in [1.807, 2.05) is 0 Å². The summed E-state index contributed by atoms with van der Waals surface area (Å²) in [5, 5.41) is 9.39. The minimum Gasteiger partial charge on any atom is -0.462 e. The van der Waals surface area contributed by atoms with Crippen molar-refractivity contribution in [1.29, 1.82) is 0 Å². The molecule has 238 valence electrons. The number of carbonyl (C=O) groups excluding carboxylic acids is 2. The molecule has 0 amide bonds. The quantitative estimate of drug-likeness (QED) is 0.0486. The van der Waals surface area contributed by atoms with Crippen LogP contribution in [0, 0.1) is 0 Å². The second-order valence-corrected chi connectivity index (χ2v) is 12.0. The summed E-state index contributed by atoms with van der Waals surface area (Å²) < 4.78 is 5.98. The van der Waals surface area contributed by atoms with E-state index in [-0.39, 0.29) is 18.7 Å². The van der Waals surface area contributed by atoms with Crippen LogP contribution in [0.25, 0.3) is 0 Å². The fourth-order valence-corrected chi connectivity index (χ4v) is 5.52. The van der Waals surface area contributed by atoms with E-state index in [1.165, 1.54) is 103 Å². The van der Waals surface area contributed by atoms with Gasteiger partial charge in [-0.3, -0.25) is 4.79 Å². The molecule has 0 atom stereocenters. The van der Waals surface area contributed by atoms with Crippen molar-refractivity contribution in [2.24, 2.45) is 0 Å². The molecule has 5 nitrogen and oxygen atoms in total. The Labute approximate surface area is 249 Å². The molecule has 1 N–H and O–H groups in total. The Morgan fingerprint density at radius 3 is 1.57 bits per heavy atom. The van der Waals surface area contributed by atoms with E-state index in [0.717, 1.165) is 77.3 Å². The van der Waals surface area contributed by atoms with Crippen LogP contribution in [0.1, 0.15) is 181 Å². The molecule has 40 heavy (non-hydrogen) atoms. The molecule has 0 radical (unpaired) electrons. The van der Waals surface area contributed by atoms with Gasteiger partial charge in [0.25, 0.3) is 0 Å². The molecule has 0 aromatic carbocycles. The summed E-state index contributed by atoms with van der Waals surface area (Å²) in [6.07, 6.45) is 31.2. The van der Waals surface area contributed by atoms with Gasteiger partial charge < -0.3 is 19.5 Å². The Kier molecular flexibility index (Phi) is 31.8. The minimum absolute atomic E-state index is 0.0160. The number of carbonyl (C=O) groups is 2. The molecule has 0 fully saturated rings. The van der Waals surface area contributed by atoms with Crippen LogP contribution < -0.4 is 0 Å². The predicted molar refractivity (Wildman–Crippen MR) is 171 cm³/mol. The van der Waals surface area contributed by atoms with Crippen molar-refractivity contribution >= 4 is 12.3 Å². The molecule has 0 unspecified atom stereocenters. The molecule has 5 heteroatoms. The highest BCUT2D eigenvalue weighted by Gasteiger charge is 2.14. The fraction of sp³-hybridized carbons (Fsp3) is 0.943. The van der Waals surface area contributed by atoms with E-state index in [4.69, 9.17) is 4.74 Å². The molecule has 0 saturated heterocycles. The van der Waals surface area contributed by atoms with Gasteiger partial charge in [0.2, 0.25) is 0 Å². The second-order valence-electron chi connectivity index (χ2n) is 12.0. The van der Waals surface area contributed by atoms with Crippen molar-refractivity contribution < 1.29 is 19.4 Å². The number of unbranched alkanes of at least 4 members (excludes halogenated alkanes) is 19. The lowest BCUT2D eigenvalue weighted by Crippen LogP contribution is -2.29. The first-order valence-electron chi connectivity index (χ1n) is 17.6. The molecular formula is C35H69NO4. The highest BCUT2D eigenvalue weighted by atomic mass is 16.5. The molecule has 0 aliphatic rings. The van der Waals surface area contributed by atoms with Gasteiger partial charge in [0.05, 0.1) is 6.61 Å². The van der Waals surface area contributed by atoms with Crippen LogP contribution in [0.3, 0.4) is 0 Å². The Balaban J connectivity index is 4.04. The number of ether oxygens (including phenoxy) is 1. The zero-order valence-corrected chi connectivity index (χ0v) is 27.0. The third-order valence-corrected chi connectivity index (χ3v) is 8.13. The number of rotatable bonds is 33. The highest BCUT2D eigenvalue weighted by molar-refractivity contribution is 5.69. The van der Waals surface area contributed by atoms with Gasteiger partial charge in [0.15, 0.2) is 0 Å². The average molecular weight is 568 g/mol. The van der Waals surface area contributed by atoms with Crippen LogP contribution in [0.4, 0.5) is 0 Å². The summed E-state index contributed by atoms with van der Waals surface area (Å²) in [7, 11) is 0. The lowest BCUT2D eigenvalue weighted by Gasteiger charge is -2.21. The molecule has 0 bridgehead atoms. The number of esters is 1. The first-order valence-corrected chi connectivity index (χ1v) is 17.6. The first-order chi connectivity index (χ1) is 19.7. The highest BCUT2D eigenvalue weighted by Crippen LogP contribution is 2.18.